The summed E-state index contributed by atoms with van der Waals surface area (Å²) in [5.41, 5.74) is 19.6. The van der Waals surface area contributed by atoms with Crippen LogP contribution in [-0.2, 0) is 4.74 Å². The van der Waals surface area contributed by atoms with E-state index in [1.54, 1.807) is 24.3 Å². The summed E-state index contributed by atoms with van der Waals surface area (Å²) in [5.74, 6) is 0. The van der Waals surface area contributed by atoms with E-state index >= 15 is 0 Å². The van der Waals surface area contributed by atoms with Gasteiger partial charge in [0.15, 0.2) is 0 Å². The fourth-order valence-electron chi connectivity index (χ4n) is 5.10. The second kappa shape index (κ2) is 14.0. The van der Waals surface area contributed by atoms with Crippen molar-refractivity contribution in [2.24, 2.45) is 0 Å². The van der Waals surface area contributed by atoms with E-state index in [-0.39, 0.29) is 0 Å². The number of anilines is 5. The Balaban J connectivity index is 0.000000523. The first kappa shape index (κ1) is 34.6. The van der Waals surface area contributed by atoms with Crippen molar-refractivity contribution in [3.63, 3.8) is 0 Å². The van der Waals surface area contributed by atoms with Gasteiger partial charge in [0.05, 0.1) is 76.8 Å². The zero-order valence-electron chi connectivity index (χ0n) is 29.3. The van der Waals surface area contributed by atoms with Crippen LogP contribution in [0.1, 0.15) is 0 Å². The van der Waals surface area contributed by atoms with Crippen molar-refractivity contribution in [2.75, 3.05) is 116 Å². The van der Waals surface area contributed by atoms with Crippen LogP contribution < -0.4 is 39.6 Å². The molecule has 46 heavy (non-hydrogen) atoms. The van der Waals surface area contributed by atoms with E-state index in [1.165, 1.54) is 22.7 Å². The van der Waals surface area contributed by atoms with Crippen molar-refractivity contribution in [2.45, 2.75) is 0 Å². The highest BCUT2D eigenvalue weighted by atomic mass is 16.5. The molecule has 9 heteroatoms. The Hall–Kier alpha value is -4.28. The van der Waals surface area contributed by atoms with Gasteiger partial charge in [0.25, 0.3) is 0 Å². The number of hydrogen-bond donors (Lipinski definition) is 2. The number of nitrogens with two attached hydrogens (primary N) is 2. The van der Waals surface area contributed by atoms with Gasteiger partial charge in [0, 0.05) is 64.8 Å². The maximum atomic E-state index is 6.27. The summed E-state index contributed by atoms with van der Waals surface area (Å²) >= 11 is 0. The predicted molar refractivity (Wildman–Crippen MR) is 201 cm³/mol. The molecule has 0 radical (unpaired) electrons. The molecule has 246 valence electrons. The zero-order chi connectivity index (χ0) is 33.7. The number of benzene rings is 4. The molecular weight excluding hydrogens is 572 g/mol. The molecule has 4 aromatic carbocycles. The third-order valence-corrected chi connectivity index (χ3v) is 8.08. The van der Waals surface area contributed by atoms with Gasteiger partial charge in [-0.15, -0.1) is 0 Å². The molecule has 1 heterocycles. The topological polar surface area (TPSA) is 71.0 Å². The quantitative estimate of drug-likeness (QED) is 0.208. The normalized spacial score (nSPS) is 14.7. The summed E-state index contributed by atoms with van der Waals surface area (Å²) in [5, 5.41) is 0. The first-order valence-electron chi connectivity index (χ1n) is 15.7. The Morgan fingerprint density at radius 2 is 0.674 bits per heavy atom. The Morgan fingerprint density at radius 1 is 0.413 bits per heavy atom. The molecule has 0 atom stereocenters. The van der Waals surface area contributed by atoms with Gasteiger partial charge in [-0.05, 0) is 60.7 Å². The van der Waals surface area contributed by atoms with Crippen LogP contribution in [0.4, 0.5) is 45.5 Å². The Kier molecular flexibility index (Phi) is 10.5. The smallest absolute Gasteiger partial charge is 0.132 e. The first-order chi connectivity index (χ1) is 21.5. The zero-order valence-corrected chi connectivity index (χ0v) is 29.3. The van der Waals surface area contributed by atoms with Gasteiger partial charge < -0.3 is 30.9 Å². The average Bonchev–Trinajstić information content (AvgIpc) is 2.98. The van der Waals surface area contributed by atoms with Gasteiger partial charge in [-0.25, -0.2) is 0 Å². The molecule has 0 aliphatic carbocycles. The molecule has 0 unspecified atom stereocenters. The van der Waals surface area contributed by atoms with Gasteiger partial charge in [-0.1, -0.05) is 0 Å². The fourth-order valence-corrected chi connectivity index (χ4v) is 5.10. The molecule has 0 bridgehead atoms. The van der Waals surface area contributed by atoms with Crippen LogP contribution in [0.25, 0.3) is 0 Å². The molecular formula is C37H55N8O+3. The van der Waals surface area contributed by atoms with Crippen molar-refractivity contribution < 1.29 is 4.74 Å². The third kappa shape index (κ3) is 9.37. The van der Waals surface area contributed by atoms with E-state index in [2.05, 4.69) is 151 Å². The Morgan fingerprint density at radius 3 is 0.935 bits per heavy atom. The fraction of sp³-hybridized carbons (Fsp3) is 0.351. The third-order valence-electron chi connectivity index (χ3n) is 8.08. The minimum atomic E-state index is 0.519. The molecule has 0 aromatic heterocycles. The highest BCUT2D eigenvalue weighted by Crippen LogP contribution is 2.29. The van der Waals surface area contributed by atoms with Crippen LogP contribution in [0, 0.1) is 0 Å². The van der Waals surface area contributed by atoms with Gasteiger partial charge in [0.1, 0.15) is 30.5 Å². The molecule has 5 rings (SSSR count). The summed E-state index contributed by atoms with van der Waals surface area (Å²) in [6.07, 6.45) is 0. The lowest BCUT2D eigenvalue weighted by Crippen LogP contribution is -2.49. The van der Waals surface area contributed by atoms with E-state index in [9.17, 15) is 0 Å². The van der Waals surface area contributed by atoms with Crippen molar-refractivity contribution in [3.8, 4) is 0 Å². The van der Waals surface area contributed by atoms with Crippen LogP contribution in [0.2, 0.25) is 0 Å². The number of rotatable bonds is 6. The minimum absolute atomic E-state index is 0.519. The molecule has 0 spiro atoms. The standard InChI is InChI=1S/C31H47N6O.C6H8N2/c1-35(2,3)29-16-10-26(11-17-29)32-22-33(27-12-18-30(19-13-27)36(4,5)6)24-38-25-34(23-32)28-14-20-31(21-15-28)37(7,8)9;7-5-1-2-6(8)4-3-5/h10-21H,22-25H2,1-9H3;1-4H,7-8H2/q+3;. The van der Waals surface area contributed by atoms with Crippen LogP contribution in [0.3, 0.4) is 0 Å². The van der Waals surface area contributed by atoms with E-state index in [4.69, 9.17) is 16.2 Å². The lowest BCUT2D eigenvalue weighted by molar-refractivity contribution is 0.127. The number of hydrogen-bond acceptors (Lipinski definition) is 6. The average molecular weight is 628 g/mol. The lowest BCUT2D eigenvalue weighted by atomic mass is 10.2. The molecule has 0 saturated carbocycles. The van der Waals surface area contributed by atoms with E-state index in [0.29, 0.717) is 13.5 Å². The van der Waals surface area contributed by atoms with Crippen LogP contribution >= 0.6 is 0 Å². The first-order valence-corrected chi connectivity index (χ1v) is 15.7. The van der Waals surface area contributed by atoms with Crippen molar-refractivity contribution >= 4 is 45.5 Å². The molecule has 1 aliphatic heterocycles. The lowest BCUT2D eigenvalue weighted by Gasteiger charge is -2.40. The molecule has 9 nitrogen and oxygen atoms in total. The van der Waals surface area contributed by atoms with E-state index < -0.39 is 0 Å². The number of nitrogen functional groups attached to an aromatic ring is 2. The monoisotopic (exact) mass is 627 g/mol. The Labute approximate surface area is 276 Å². The largest absolute Gasteiger partial charge is 0.399 e. The summed E-state index contributed by atoms with van der Waals surface area (Å²) in [4.78, 5) is 7.05. The van der Waals surface area contributed by atoms with Gasteiger partial charge >= 0.3 is 0 Å². The summed E-state index contributed by atoms with van der Waals surface area (Å²) in [6, 6.07) is 33.8. The van der Waals surface area contributed by atoms with E-state index in [1.807, 2.05) is 0 Å². The van der Waals surface area contributed by atoms with Crippen molar-refractivity contribution in [1.82, 2.24) is 13.4 Å². The SMILES string of the molecule is C[N+](C)(C)c1ccc(N2COCN(c3ccc([N+](C)(C)C)cc3)CN(c3ccc([N+](C)(C)C)cc3)C2)cc1.Nc1ccc(N)cc1. The summed E-state index contributed by atoms with van der Waals surface area (Å²) in [6.45, 7) is 2.48. The molecule has 1 aliphatic rings. The van der Waals surface area contributed by atoms with Gasteiger partial charge in [0.2, 0.25) is 0 Å². The molecule has 4 N–H and O–H groups in total. The second-order valence-corrected chi connectivity index (χ2v) is 14.6. The summed E-state index contributed by atoms with van der Waals surface area (Å²) in [7, 11) is 19.8. The van der Waals surface area contributed by atoms with Gasteiger partial charge in [-0.3, -0.25) is 13.4 Å². The summed E-state index contributed by atoms with van der Waals surface area (Å²) < 4.78 is 8.65. The second-order valence-electron chi connectivity index (χ2n) is 14.6. The van der Waals surface area contributed by atoms with Crippen LogP contribution in [-0.4, -0.2) is 90.2 Å². The molecule has 1 saturated heterocycles. The molecule has 1 fully saturated rings. The van der Waals surface area contributed by atoms with Gasteiger partial charge in [-0.2, -0.15) is 0 Å². The van der Waals surface area contributed by atoms with Crippen LogP contribution in [0.15, 0.2) is 97.1 Å². The number of nitrogens with zero attached hydrogens (tertiary/aromatic N) is 6. The van der Waals surface area contributed by atoms with Crippen molar-refractivity contribution in [1.29, 1.82) is 0 Å². The minimum Gasteiger partial charge on any atom is -0.399 e. The number of ether oxygens (including phenoxy) is 1. The highest BCUT2D eigenvalue weighted by molar-refractivity contribution is 5.60. The molecule has 4 aromatic rings. The molecule has 0 amide bonds. The van der Waals surface area contributed by atoms with Crippen LogP contribution in [0.5, 0.6) is 0 Å². The predicted octanol–water partition coefficient (Wildman–Crippen LogP) is 5.81. The maximum absolute atomic E-state index is 6.27. The number of quaternary nitrogens is 3. The highest BCUT2D eigenvalue weighted by Gasteiger charge is 2.23. The maximum Gasteiger partial charge on any atom is 0.132 e. The Bertz CT molecular complexity index is 1430. The van der Waals surface area contributed by atoms with E-state index in [0.717, 1.165) is 49.5 Å². The van der Waals surface area contributed by atoms with Crippen molar-refractivity contribution in [3.05, 3.63) is 97.1 Å².